The van der Waals surface area contributed by atoms with Crippen LogP contribution in [0.3, 0.4) is 0 Å². The molecule has 0 aliphatic heterocycles. The predicted octanol–water partition coefficient (Wildman–Crippen LogP) is 4.87. The number of carbonyl (C=O) groups excluding carboxylic acids is 1. The normalized spacial score (nSPS) is 10.6. The summed E-state index contributed by atoms with van der Waals surface area (Å²) in [5.74, 6) is -0.213. The van der Waals surface area contributed by atoms with Crippen LogP contribution >= 0.6 is 11.8 Å². The van der Waals surface area contributed by atoms with Gasteiger partial charge in [0.1, 0.15) is 11.8 Å². The van der Waals surface area contributed by atoms with E-state index in [0.29, 0.717) is 16.9 Å². The summed E-state index contributed by atoms with van der Waals surface area (Å²) < 4.78 is 1.93. The number of rotatable bonds is 4. The molecule has 136 valence electrons. The van der Waals surface area contributed by atoms with Crippen molar-refractivity contribution in [1.82, 2.24) is 9.55 Å². The minimum atomic E-state index is -0.213. The number of aromatic nitrogens is 2. The lowest BCUT2D eigenvalue weighted by molar-refractivity contribution is 0.102. The van der Waals surface area contributed by atoms with Gasteiger partial charge in [-0.05, 0) is 60.9 Å². The first kappa shape index (κ1) is 17.8. The van der Waals surface area contributed by atoms with Gasteiger partial charge in [-0.2, -0.15) is 5.26 Å². The van der Waals surface area contributed by atoms with Crippen molar-refractivity contribution >= 4 is 34.3 Å². The maximum atomic E-state index is 12.3. The minimum absolute atomic E-state index is 0.213. The molecule has 0 radical (unpaired) electrons. The topological polar surface area (TPSA) is 70.7 Å². The Labute approximate surface area is 166 Å². The van der Waals surface area contributed by atoms with Crippen molar-refractivity contribution in [3.05, 3.63) is 84.3 Å². The van der Waals surface area contributed by atoms with E-state index in [1.54, 1.807) is 30.1 Å². The van der Waals surface area contributed by atoms with Crippen LogP contribution in [0.25, 0.3) is 16.6 Å². The molecule has 2 aromatic carbocycles. The summed E-state index contributed by atoms with van der Waals surface area (Å²) in [7, 11) is 0. The Morgan fingerprint density at radius 3 is 2.64 bits per heavy atom. The molecule has 6 heteroatoms. The predicted molar refractivity (Wildman–Crippen MR) is 112 cm³/mol. The molecule has 4 rings (SSSR count). The number of hydrogen-bond acceptors (Lipinski definition) is 4. The van der Waals surface area contributed by atoms with Crippen LogP contribution in [0, 0.1) is 11.3 Å². The molecule has 0 bridgehead atoms. The monoisotopic (exact) mass is 384 g/mol. The highest BCUT2D eigenvalue weighted by Gasteiger charge is 2.13. The largest absolute Gasteiger partial charge is 0.322 e. The first-order chi connectivity index (χ1) is 13.7. The summed E-state index contributed by atoms with van der Waals surface area (Å²) in [6.45, 7) is 0. The van der Waals surface area contributed by atoms with Crippen molar-refractivity contribution in [2.45, 2.75) is 4.90 Å². The zero-order chi connectivity index (χ0) is 19.5. The first-order valence-corrected chi connectivity index (χ1v) is 9.84. The number of benzene rings is 2. The molecule has 1 N–H and O–H groups in total. The van der Waals surface area contributed by atoms with Gasteiger partial charge in [0.05, 0.1) is 11.1 Å². The Hall–Kier alpha value is -3.56. The first-order valence-electron chi connectivity index (χ1n) is 8.61. The molecule has 0 aliphatic rings. The summed E-state index contributed by atoms with van der Waals surface area (Å²) in [4.78, 5) is 17.4. The van der Waals surface area contributed by atoms with Crippen molar-refractivity contribution in [3.8, 4) is 11.8 Å². The number of carbonyl (C=O) groups is 1. The Bertz CT molecular complexity index is 1190. The number of nitriles is 1. The van der Waals surface area contributed by atoms with Gasteiger partial charge in [0.2, 0.25) is 0 Å². The van der Waals surface area contributed by atoms with E-state index >= 15 is 0 Å². The molecule has 4 aromatic rings. The molecule has 0 unspecified atom stereocenters. The highest BCUT2D eigenvalue weighted by Crippen LogP contribution is 2.31. The molecule has 0 aliphatic carbocycles. The lowest BCUT2D eigenvalue weighted by Crippen LogP contribution is -2.12. The molecule has 0 spiro atoms. The van der Waals surface area contributed by atoms with Gasteiger partial charge in [-0.1, -0.05) is 6.07 Å². The fourth-order valence-corrected chi connectivity index (χ4v) is 3.73. The molecule has 2 heterocycles. The standard InChI is InChI=1S/C22H16N4OS/c1-28-21-6-2-5-20-19(21)12-18(13-23)26(20)17-9-7-16(8-10-17)25-22(27)15-4-3-11-24-14-15/h2-12,14H,1H3,(H,25,27). The summed E-state index contributed by atoms with van der Waals surface area (Å²) in [6.07, 6.45) is 5.18. The van der Waals surface area contributed by atoms with Gasteiger partial charge in [0, 0.05) is 34.1 Å². The maximum Gasteiger partial charge on any atom is 0.257 e. The van der Waals surface area contributed by atoms with E-state index in [2.05, 4.69) is 22.4 Å². The number of nitrogens with zero attached hydrogens (tertiary/aromatic N) is 3. The average Bonchev–Trinajstić information content (AvgIpc) is 3.13. The van der Waals surface area contributed by atoms with Crippen LogP contribution in [0.15, 0.2) is 78.0 Å². The molecular weight excluding hydrogens is 368 g/mol. The van der Waals surface area contributed by atoms with Gasteiger partial charge in [-0.3, -0.25) is 9.78 Å². The van der Waals surface area contributed by atoms with Crippen LogP contribution in [-0.4, -0.2) is 21.7 Å². The van der Waals surface area contributed by atoms with Crippen LogP contribution in [-0.2, 0) is 0 Å². The lowest BCUT2D eigenvalue weighted by Gasteiger charge is -2.10. The summed E-state index contributed by atoms with van der Waals surface area (Å²) >= 11 is 1.66. The van der Waals surface area contributed by atoms with Crippen LogP contribution < -0.4 is 5.32 Å². The van der Waals surface area contributed by atoms with Gasteiger partial charge >= 0.3 is 0 Å². The molecule has 1 amide bonds. The number of thioether (sulfide) groups is 1. The fraction of sp³-hybridized carbons (Fsp3) is 0.0455. The Balaban J connectivity index is 1.68. The van der Waals surface area contributed by atoms with Crippen molar-refractivity contribution in [3.63, 3.8) is 0 Å². The SMILES string of the molecule is CSc1cccc2c1cc(C#N)n2-c1ccc(NC(=O)c2cccnc2)cc1. The lowest BCUT2D eigenvalue weighted by atomic mass is 10.2. The van der Waals surface area contributed by atoms with Gasteiger partial charge in [0.25, 0.3) is 5.91 Å². The Morgan fingerprint density at radius 1 is 1.14 bits per heavy atom. The van der Waals surface area contributed by atoms with Crippen LogP contribution in [0.5, 0.6) is 0 Å². The van der Waals surface area contributed by atoms with E-state index < -0.39 is 0 Å². The second kappa shape index (κ2) is 7.59. The molecular formula is C22H16N4OS. The number of amides is 1. The van der Waals surface area contributed by atoms with Crippen molar-refractivity contribution in [2.24, 2.45) is 0 Å². The van der Waals surface area contributed by atoms with Gasteiger partial charge in [0.15, 0.2) is 0 Å². The number of fused-ring (bicyclic) bond motifs is 1. The van der Waals surface area contributed by atoms with Gasteiger partial charge in [-0.25, -0.2) is 0 Å². The molecule has 0 fully saturated rings. The Kier molecular flexibility index (Phi) is 4.83. The highest BCUT2D eigenvalue weighted by atomic mass is 32.2. The van der Waals surface area contributed by atoms with E-state index in [0.717, 1.165) is 21.5 Å². The van der Waals surface area contributed by atoms with Gasteiger partial charge in [-0.15, -0.1) is 11.8 Å². The third-order valence-electron chi connectivity index (χ3n) is 4.45. The molecule has 0 saturated carbocycles. The maximum absolute atomic E-state index is 12.3. The van der Waals surface area contributed by atoms with Crippen LogP contribution in [0.4, 0.5) is 5.69 Å². The smallest absolute Gasteiger partial charge is 0.257 e. The van der Waals surface area contributed by atoms with E-state index in [1.165, 1.54) is 6.20 Å². The molecule has 2 aromatic heterocycles. The summed E-state index contributed by atoms with van der Waals surface area (Å²) in [5.41, 5.74) is 3.60. The third-order valence-corrected chi connectivity index (χ3v) is 5.24. The number of hydrogen-bond donors (Lipinski definition) is 1. The zero-order valence-corrected chi connectivity index (χ0v) is 15.9. The van der Waals surface area contributed by atoms with Crippen LogP contribution in [0.1, 0.15) is 16.1 Å². The van der Waals surface area contributed by atoms with E-state index in [4.69, 9.17) is 0 Å². The van der Waals surface area contributed by atoms with E-state index in [-0.39, 0.29) is 5.91 Å². The molecule has 5 nitrogen and oxygen atoms in total. The Morgan fingerprint density at radius 2 is 1.96 bits per heavy atom. The third kappa shape index (κ3) is 3.24. The van der Waals surface area contributed by atoms with E-state index in [1.807, 2.05) is 53.3 Å². The average molecular weight is 384 g/mol. The number of nitrogens with one attached hydrogen (secondary N) is 1. The minimum Gasteiger partial charge on any atom is -0.322 e. The second-order valence-electron chi connectivity index (χ2n) is 6.11. The number of anilines is 1. The second-order valence-corrected chi connectivity index (χ2v) is 6.96. The fourth-order valence-electron chi connectivity index (χ4n) is 3.14. The van der Waals surface area contributed by atoms with E-state index in [9.17, 15) is 10.1 Å². The van der Waals surface area contributed by atoms with Crippen molar-refractivity contribution < 1.29 is 4.79 Å². The molecule has 0 saturated heterocycles. The number of pyridine rings is 1. The van der Waals surface area contributed by atoms with Crippen molar-refractivity contribution in [2.75, 3.05) is 11.6 Å². The molecule has 28 heavy (non-hydrogen) atoms. The summed E-state index contributed by atoms with van der Waals surface area (Å²) in [5, 5.41) is 13.5. The van der Waals surface area contributed by atoms with Gasteiger partial charge < -0.3 is 9.88 Å². The summed E-state index contributed by atoms with van der Waals surface area (Å²) in [6, 6.07) is 21.1. The van der Waals surface area contributed by atoms with Crippen molar-refractivity contribution in [1.29, 1.82) is 5.26 Å². The quantitative estimate of drug-likeness (QED) is 0.510. The zero-order valence-electron chi connectivity index (χ0n) is 15.1. The molecule has 0 atom stereocenters. The highest BCUT2D eigenvalue weighted by molar-refractivity contribution is 7.98. The van der Waals surface area contributed by atoms with Crippen LogP contribution in [0.2, 0.25) is 0 Å².